The van der Waals surface area contributed by atoms with E-state index in [2.05, 4.69) is 11.4 Å². The number of nitrogens with one attached hydrogen (secondary N) is 1. The van der Waals surface area contributed by atoms with Gasteiger partial charge in [-0.2, -0.15) is 0 Å². The van der Waals surface area contributed by atoms with Crippen LogP contribution in [0, 0.1) is 0 Å². The first-order valence-corrected chi connectivity index (χ1v) is 9.27. The molecule has 2 aromatic carbocycles. The third kappa shape index (κ3) is 2.82. The Kier molecular flexibility index (Phi) is 4.55. The summed E-state index contributed by atoms with van der Waals surface area (Å²) in [5.74, 6) is 1.81. The fourth-order valence-corrected chi connectivity index (χ4v) is 3.83. The van der Waals surface area contributed by atoms with Crippen molar-refractivity contribution in [1.82, 2.24) is 10.2 Å². The maximum absolute atomic E-state index is 12.5. The summed E-state index contributed by atoms with van der Waals surface area (Å²) in [5, 5.41) is 3.58. The molecule has 1 unspecified atom stereocenters. The second kappa shape index (κ2) is 7.00. The summed E-state index contributed by atoms with van der Waals surface area (Å²) < 4.78 is 11.2. The van der Waals surface area contributed by atoms with Crippen LogP contribution in [0.5, 0.6) is 11.5 Å². The first kappa shape index (κ1) is 16.9. The molecule has 2 heterocycles. The molecule has 1 N–H and O–H groups in total. The van der Waals surface area contributed by atoms with Crippen molar-refractivity contribution >= 4 is 5.91 Å². The van der Waals surface area contributed by atoms with Gasteiger partial charge in [0.05, 0.1) is 6.04 Å². The number of ether oxygens (including phenoxy) is 2. The highest BCUT2D eigenvalue weighted by Crippen LogP contribution is 2.42. The van der Waals surface area contributed by atoms with Gasteiger partial charge in [-0.15, -0.1) is 0 Å². The molecule has 1 amide bonds. The minimum Gasteiger partial charge on any atom is -0.454 e. The molecule has 136 valence electrons. The average Bonchev–Trinajstić information content (AvgIpc) is 3.18. The van der Waals surface area contributed by atoms with Crippen molar-refractivity contribution in [2.45, 2.75) is 26.3 Å². The zero-order valence-electron chi connectivity index (χ0n) is 15.2. The van der Waals surface area contributed by atoms with Crippen LogP contribution in [0.15, 0.2) is 36.4 Å². The monoisotopic (exact) mass is 352 g/mol. The highest BCUT2D eigenvalue weighted by Gasteiger charge is 2.28. The van der Waals surface area contributed by atoms with Crippen LogP contribution in [0.2, 0.25) is 0 Å². The Bertz CT molecular complexity index is 813. The summed E-state index contributed by atoms with van der Waals surface area (Å²) in [5.41, 5.74) is 4.34. The van der Waals surface area contributed by atoms with E-state index in [-0.39, 0.29) is 11.9 Å². The van der Waals surface area contributed by atoms with Crippen LogP contribution in [-0.2, 0) is 6.42 Å². The third-order valence-corrected chi connectivity index (χ3v) is 5.25. The quantitative estimate of drug-likeness (QED) is 0.918. The summed E-state index contributed by atoms with van der Waals surface area (Å²) >= 11 is 0. The molecule has 0 bridgehead atoms. The van der Waals surface area contributed by atoms with E-state index in [0.717, 1.165) is 48.7 Å². The lowest BCUT2D eigenvalue weighted by atomic mass is 9.88. The van der Waals surface area contributed by atoms with E-state index >= 15 is 0 Å². The molecule has 0 saturated heterocycles. The minimum atomic E-state index is 0.0851. The SMILES string of the molecule is CCN(CC)C(=O)c1ccc(C2NCCc3c2ccc2c3OCO2)cc1. The van der Waals surface area contributed by atoms with E-state index in [1.165, 1.54) is 11.1 Å². The Morgan fingerprint density at radius 3 is 2.62 bits per heavy atom. The summed E-state index contributed by atoms with van der Waals surface area (Å²) in [6.45, 7) is 6.64. The van der Waals surface area contributed by atoms with Gasteiger partial charge >= 0.3 is 0 Å². The average molecular weight is 352 g/mol. The van der Waals surface area contributed by atoms with Gasteiger partial charge in [-0.3, -0.25) is 4.79 Å². The number of hydrogen-bond donors (Lipinski definition) is 1. The summed E-state index contributed by atoms with van der Waals surface area (Å²) in [4.78, 5) is 14.3. The van der Waals surface area contributed by atoms with Gasteiger partial charge in [-0.1, -0.05) is 18.2 Å². The molecule has 5 heteroatoms. The highest BCUT2D eigenvalue weighted by atomic mass is 16.7. The maximum atomic E-state index is 12.5. The number of fused-ring (bicyclic) bond motifs is 3. The Morgan fingerprint density at radius 2 is 1.88 bits per heavy atom. The van der Waals surface area contributed by atoms with Crippen molar-refractivity contribution in [3.8, 4) is 11.5 Å². The first-order chi connectivity index (χ1) is 12.7. The molecule has 0 fully saturated rings. The highest BCUT2D eigenvalue weighted by molar-refractivity contribution is 5.94. The van der Waals surface area contributed by atoms with Crippen molar-refractivity contribution < 1.29 is 14.3 Å². The minimum absolute atomic E-state index is 0.0851. The lowest BCUT2D eigenvalue weighted by Gasteiger charge is -2.28. The summed E-state index contributed by atoms with van der Waals surface area (Å²) in [6, 6.07) is 12.2. The molecule has 0 saturated carbocycles. The molecule has 5 nitrogen and oxygen atoms in total. The van der Waals surface area contributed by atoms with Crippen LogP contribution in [0.3, 0.4) is 0 Å². The number of benzene rings is 2. The van der Waals surface area contributed by atoms with E-state index < -0.39 is 0 Å². The Morgan fingerprint density at radius 1 is 1.12 bits per heavy atom. The Balaban J connectivity index is 1.63. The van der Waals surface area contributed by atoms with E-state index in [1.807, 2.05) is 49.1 Å². The number of hydrogen-bond acceptors (Lipinski definition) is 4. The summed E-state index contributed by atoms with van der Waals surface area (Å²) in [6.07, 6.45) is 0.927. The molecule has 4 rings (SSSR count). The Labute approximate surface area is 153 Å². The Hall–Kier alpha value is -2.53. The van der Waals surface area contributed by atoms with Gasteiger partial charge < -0.3 is 19.7 Å². The van der Waals surface area contributed by atoms with Gasteiger partial charge in [0.2, 0.25) is 6.79 Å². The first-order valence-electron chi connectivity index (χ1n) is 9.27. The molecular formula is C21H24N2O3. The second-order valence-electron chi connectivity index (χ2n) is 6.60. The molecule has 2 aliphatic rings. The van der Waals surface area contributed by atoms with Gasteiger partial charge in [-0.25, -0.2) is 0 Å². The smallest absolute Gasteiger partial charge is 0.253 e. The van der Waals surface area contributed by atoms with E-state index in [0.29, 0.717) is 6.79 Å². The van der Waals surface area contributed by atoms with Crippen LogP contribution in [0.1, 0.15) is 46.9 Å². The zero-order valence-corrected chi connectivity index (χ0v) is 15.2. The van der Waals surface area contributed by atoms with Crippen molar-refractivity contribution in [3.05, 3.63) is 58.7 Å². The van der Waals surface area contributed by atoms with Gasteiger partial charge in [-0.05, 0) is 49.6 Å². The standard InChI is InChI=1S/C21H24N2O3/c1-3-23(4-2)21(24)15-7-5-14(6-8-15)19-16-9-10-18-20(26-13-25-18)17(16)11-12-22-19/h5-10,19,22H,3-4,11-13H2,1-2H3. The van der Waals surface area contributed by atoms with Crippen molar-refractivity contribution in [2.75, 3.05) is 26.4 Å². The van der Waals surface area contributed by atoms with Gasteiger partial charge in [0.1, 0.15) is 0 Å². The number of carbonyl (C=O) groups excluding carboxylic acids is 1. The number of carbonyl (C=O) groups is 1. The number of nitrogens with zero attached hydrogens (tertiary/aromatic N) is 1. The predicted molar refractivity (Wildman–Crippen MR) is 99.8 cm³/mol. The van der Waals surface area contributed by atoms with E-state index in [4.69, 9.17) is 9.47 Å². The molecule has 0 radical (unpaired) electrons. The van der Waals surface area contributed by atoms with Crippen molar-refractivity contribution in [2.24, 2.45) is 0 Å². The van der Waals surface area contributed by atoms with Crippen molar-refractivity contribution in [1.29, 1.82) is 0 Å². The largest absolute Gasteiger partial charge is 0.454 e. The molecular weight excluding hydrogens is 328 g/mol. The molecule has 2 aliphatic heterocycles. The summed E-state index contributed by atoms with van der Waals surface area (Å²) in [7, 11) is 0. The van der Waals surface area contributed by atoms with Crippen LogP contribution in [0.4, 0.5) is 0 Å². The van der Waals surface area contributed by atoms with Gasteiger partial charge in [0.25, 0.3) is 5.91 Å². The molecule has 26 heavy (non-hydrogen) atoms. The van der Waals surface area contributed by atoms with Crippen LogP contribution in [0.25, 0.3) is 0 Å². The topological polar surface area (TPSA) is 50.8 Å². The number of amides is 1. The predicted octanol–water partition coefficient (Wildman–Crippen LogP) is 3.13. The van der Waals surface area contributed by atoms with Gasteiger partial charge in [0, 0.05) is 30.8 Å². The fourth-order valence-electron chi connectivity index (χ4n) is 3.83. The molecule has 0 aliphatic carbocycles. The second-order valence-corrected chi connectivity index (χ2v) is 6.60. The fraction of sp³-hybridized carbons (Fsp3) is 0.381. The van der Waals surface area contributed by atoms with E-state index in [1.54, 1.807) is 0 Å². The molecule has 1 atom stereocenters. The van der Waals surface area contributed by atoms with Crippen molar-refractivity contribution in [3.63, 3.8) is 0 Å². The zero-order chi connectivity index (χ0) is 18.1. The molecule has 0 aromatic heterocycles. The lowest BCUT2D eigenvalue weighted by Crippen LogP contribution is -2.31. The maximum Gasteiger partial charge on any atom is 0.253 e. The third-order valence-electron chi connectivity index (χ3n) is 5.25. The van der Waals surface area contributed by atoms with Crippen LogP contribution >= 0.6 is 0 Å². The van der Waals surface area contributed by atoms with Crippen LogP contribution in [-0.4, -0.2) is 37.2 Å². The normalized spacial score (nSPS) is 17.7. The lowest BCUT2D eigenvalue weighted by molar-refractivity contribution is 0.0773. The van der Waals surface area contributed by atoms with Gasteiger partial charge in [0.15, 0.2) is 11.5 Å². The molecule has 0 spiro atoms. The number of rotatable bonds is 4. The molecule has 2 aromatic rings. The van der Waals surface area contributed by atoms with Crippen LogP contribution < -0.4 is 14.8 Å². The van der Waals surface area contributed by atoms with E-state index in [9.17, 15) is 4.79 Å².